The standard InChI is InChI=1S/C9H7Cl3OS/c10-5-3-6(13)7(11)8(12)9(5)14-4-1-2-4/h3-4,13H,1-2H2. The second-order valence-electron chi connectivity index (χ2n) is 3.15. The van der Waals surface area contributed by atoms with Crippen molar-refractivity contribution in [3.63, 3.8) is 0 Å². The Morgan fingerprint density at radius 3 is 2.43 bits per heavy atom. The van der Waals surface area contributed by atoms with E-state index in [1.165, 1.54) is 18.9 Å². The van der Waals surface area contributed by atoms with Gasteiger partial charge in [0.15, 0.2) is 0 Å². The summed E-state index contributed by atoms with van der Waals surface area (Å²) >= 11 is 19.4. The smallest absolute Gasteiger partial charge is 0.137 e. The summed E-state index contributed by atoms with van der Waals surface area (Å²) in [6, 6.07) is 1.43. The summed E-state index contributed by atoms with van der Waals surface area (Å²) < 4.78 is 0. The summed E-state index contributed by atoms with van der Waals surface area (Å²) in [5.41, 5.74) is 0. The predicted molar refractivity (Wildman–Crippen MR) is 62.0 cm³/mol. The van der Waals surface area contributed by atoms with Crippen LogP contribution in [-0.4, -0.2) is 10.4 Å². The number of benzene rings is 1. The highest BCUT2D eigenvalue weighted by Gasteiger charge is 2.26. The molecule has 0 bridgehead atoms. The van der Waals surface area contributed by atoms with E-state index in [9.17, 15) is 5.11 Å². The van der Waals surface area contributed by atoms with Gasteiger partial charge in [0, 0.05) is 16.2 Å². The summed E-state index contributed by atoms with van der Waals surface area (Å²) in [6.07, 6.45) is 2.38. The summed E-state index contributed by atoms with van der Waals surface area (Å²) in [7, 11) is 0. The summed E-state index contributed by atoms with van der Waals surface area (Å²) in [4.78, 5) is 0.777. The highest BCUT2D eigenvalue weighted by molar-refractivity contribution is 8.00. The molecular weight excluding hydrogens is 263 g/mol. The van der Waals surface area contributed by atoms with Gasteiger partial charge in [-0.25, -0.2) is 0 Å². The molecular formula is C9H7Cl3OS. The van der Waals surface area contributed by atoms with E-state index in [1.54, 1.807) is 11.8 Å². The van der Waals surface area contributed by atoms with Gasteiger partial charge in [-0.15, -0.1) is 11.8 Å². The van der Waals surface area contributed by atoms with Gasteiger partial charge in [0.1, 0.15) is 10.8 Å². The first-order valence-electron chi connectivity index (χ1n) is 4.12. The number of halogens is 3. The Morgan fingerprint density at radius 2 is 1.86 bits per heavy atom. The maximum absolute atomic E-state index is 9.35. The second-order valence-corrected chi connectivity index (χ2v) is 5.63. The normalized spacial score (nSPS) is 15.9. The van der Waals surface area contributed by atoms with Crippen molar-refractivity contribution in [2.45, 2.75) is 23.0 Å². The Bertz CT molecular complexity index is 377. The fourth-order valence-corrected chi connectivity index (χ4v) is 3.03. The molecule has 0 amide bonds. The maximum Gasteiger partial charge on any atom is 0.137 e. The van der Waals surface area contributed by atoms with E-state index < -0.39 is 0 Å². The minimum Gasteiger partial charge on any atom is -0.506 e. The van der Waals surface area contributed by atoms with E-state index in [2.05, 4.69) is 0 Å². The lowest BCUT2D eigenvalue weighted by Crippen LogP contribution is -1.82. The van der Waals surface area contributed by atoms with E-state index in [0.29, 0.717) is 15.3 Å². The molecule has 0 radical (unpaired) electrons. The molecule has 76 valence electrons. The van der Waals surface area contributed by atoms with Crippen molar-refractivity contribution >= 4 is 46.6 Å². The molecule has 0 atom stereocenters. The number of phenolic OH excluding ortho intramolecular Hbond substituents is 1. The van der Waals surface area contributed by atoms with Crippen LogP contribution in [0.15, 0.2) is 11.0 Å². The molecule has 1 nitrogen and oxygen atoms in total. The van der Waals surface area contributed by atoms with Gasteiger partial charge < -0.3 is 5.11 Å². The molecule has 0 spiro atoms. The lowest BCUT2D eigenvalue weighted by molar-refractivity contribution is 0.475. The number of phenols is 1. The molecule has 1 saturated carbocycles. The zero-order valence-electron chi connectivity index (χ0n) is 7.06. The summed E-state index contributed by atoms with van der Waals surface area (Å²) in [6.45, 7) is 0. The Balaban J connectivity index is 2.40. The van der Waals surface area contributed by atoms with Gasteiger partial charge in [-0.2, -0.15) is 0 Å². The topological polar surface area (TPSA) is 20.2 Å². The van der Waals surface area contributed by atoms with Crippen LogP contribution in [-0.2, 0) is 0 Å². The first kappa shape index (κ1) is 10.7. The fraction of sp³-hybridized carbons (Fsp3) is 0.333. The first-order chi connectivity index (χ1) is 6.59. The largest absolute Gasteiger partial charge is 0.506 e. The van der Waals surface area contributed by atoms with Crippen LogP contribution in [0.2, 0.25) is 15.1 Å². The zero-order chi connectivity index (χ0) is 10.3. The van der Waals surface area contributed by atoms with E-state index in [1.807, 2.05) is 0 Å². The molecule has 1 aliphatic rings. The minimum absolute atomic E-state index is 0.0678. The average Bonchev–Trinajstić information content (AvgIpc) is 2.92. The molecule has 1 aliphatic carbocycles. The highest BCUT2D eigenvalue weighted by atomic mass is 35.5. The monoisotopic (exact) mass is 268 g/mol. The van der Waals surface area contributed by atoms with Crippen molar-refractivity contribution in [3.05, 3.63) is 21.1 Å². The molecule has 1 aromatic carbocycles. The van der Waals surface area contributed by atoms with Gasteiger partial charge in [-0.3, -0.25) is 0 Å². The van der Waals surface area contributed by atoms with Gasteiger partial charge in [-0.05, 0) is 12.8 Å². The van der Waals surface area contributed by atoms with Crippen LogP contribution in [0.1, 0.15) is 12.8 Å². The lowest BCUT2D eigenvalue weighted by atomic mass is 10.3. The molecule has 0 aromatic heterocycles. The molecule has 0 saturated heterocycles. The Morgan fingerprint density at radius 1 is 1.21 bits per heavy atom. The molecule has 1 aromatic rings. The van der Waals surface area contributed by atoms with Crippen LogP contribution in [0.3, 0.4) is 0 Å². The minimum atomic E-state index is -0.0678. The SMILES string of the molecule is Oc1cc(Cl)c(SC2CC2)c(Cl)c1Cl. The zero-order valence-corrected chi connectivity index (χ0v) is 10.1. The molecule has 1 N–H and O–H groups in total. The Labute approximate surface area is 101 Å². The van der Waals surface area contributed by atoms with Crippen LogP contribution in [0.25, 0.3) is 0 Å². The number of thioether (sulfide) groups is 1. The van der Waals surface area contributed by atoms with Crippen molar-refractivity contribution in [2.75, 3.05) is 0 Å². The van der Waals surface area contributed by atoms with E-state index >= 15 is 0 Å². The van der Waals surface area contributed by atoms with Crippen LogP contribution in [0, 0.1) is 0 Å². The number of hydrogen-bond acceptors (Lipinski definition) is 2. The van der Waals surface area contributed by atoms with Gasteiger partial charge in [0.2, 0.25) is 0 Å². The van der Waals surface area contributed by atoms with Gasteiger partial charge in [-0.1, -0.05) is 34.8 Å². The summed E-state index contributed by atoms with van der Waals surface area (Å²) in [5.74, 6) is -0.0678. The first-order valence-corrected chi connectivity index (χ1v) is 6.14. The van der Waals surface area contributed by atoms with Crippen molar-refractivity contribution < 1.29 is 5.11 Å². The molecule has 0 aliphatic heterocycles. The van der Waals surface area contributed by atoms with Crippen LogP contribution >= 0.6 is 46.6 Å². The molecule has 5 heteroatoms. The predicted octanol–water partition coefficient (Wildman–Crippen LogP) is 4.61. The molecule has 2 rings (SSSR count). The third-order valence-electron chi connectivity index (χ3n) is 1.91. The van der Waals surface area contributed by atoms with Crippen molar-refractivity contribution in [1.29, 1.82) is 0 Å². The van der Waals surface area contributed by atoms with Crippen LogP contribution in [0.5, 0.6) is 5.75 Å². The van der Waals surface area contributed by atoms with Crippen molar-refractivity contribution in [2.24, 2.45) is 0 Å². The summed E-state index contributed by atoms with van der Waals surface area (Å²) in [5, 5.41) is 10.9. The van der Waals surface area contributed by atoms with Gasteiger partial charge in [0.05, 0.1) is 10.0 Å². The average molecular weight is 270 g/mol. The Kier molecular flexibility index (Phi) is 3.08. The molecule has 0 heterocycles. The Hall–Kier alpha value is 0.240. The van der Waals surface area contributed by atoms with E-state index in [0.717, 1.165) is 4.90 Å². The maximum atomic E-state index is 9.35. The molecule has 1 fully saturated rings. The number of rotatable bonds is 2. The van der Waals surface area contributed by atoms with E-state index in [-0.39, 0.29) is 10.8 Å². The van der Waals surface area contributed by atoms with E-state index in [4.69, 9.17) is 34.8 Å². The van der Waals surface area contributed by atoms with Crippen molar-refractivity contribution in [1.82, 2.24) is 0 Å². The van der Waals surface area contributed by atoms with Crippen molar-refractivity contribution in [3.8, 4) is 5.75 Å². The lowest BCUT2D eigenvalue weighted by Gasteiger charge is -2.08. The van der Waals surface area contributed by atoms with Gasteiger partial charge in [0.25, 0.3) is 0 Å². The quantitative estimate of drug-likeness (QED) is 0.791. The third-order valence-corrected chi connectivity index (χ3v) is 4.75. The third kappa shape index (κ3) is 2.08. The second kappa shape index (κ2) is 4.01. The number of aromatic hydroxyl groups is 1. The fourth-order valence-electron chi connectivity index (χ4n) is 1.03. The molecule has 0 unspecified atom stereocenters. The van der Waals surface area contributed by atoms with Gasteiger partial charge >= 0.3 is 0 Å². The highest BCUT2D eigenvalue weighted by Crippen LogP contribution is 2.48. The number of hydrogen-bond donors (Lipinski definition) is 1. The van der Waals surface area contributed by atoms with Crippen LogP contribution in [0.4, 0.5) is 0 Å². The molecule has 14 heavy (non-hydrogen) atoms. The van der Waals surface area contributed by atoms with Crippen LogP contribution < -0.4 is 0 Å².